The van der Waals surface area contributed by atoms with Gasteiger partial charge >= 0.3 is 0 Å². The van der Waals surface area contributed by atoms with Gasteiger partial charge < -0.3 is 10.3 Å². The Hall–Kier alpha value is -1.87. The molecular weight excluding hydrogens is 202 g/mol. The summed E-state index contributed by atoms with van der Waals surface area (Å²) in [4.78, 5) is 0. The monoisotopic (exact) mass is 215 g/mol. The predicted molar refractivity (Wildman–Crippen MR) is 60.6 cm³/mol. The molecule has 0 fully saturated rings. The third kappa shape index (κ3) is 2.04. The number of hydrogen-bond acceptors (Lipinski definition) is 2. The van der Waals surface area contributed by atoms with Gasteiger partial charge in [0.15, 0.2) is 12.3 Å². The second-order valence-corrected chi connectivity index (χ2v) is 3.77. The zero-order valence-corrected chi connectivity index (χ0v) is 9.00. The van der Waals surface area contributed by atoms with Crippen LogP contribution in [0.25, 0.3) is 0 Å². The fourth-order valence-electron chi connectivity index (χ4n) is 1.62. The van der Waals surface area contributed by atoms with Crippen molar-refractivity contribution in [2.24, 2.45) is 0 Å². The predicted octanol–water partition coefficient (Wildman–Crippen LogP) is 1.71. The SMILES string of the molecule is Cc1cc[n+]([O-])c(C(O)c2ccccc2)c1. The summed E-state index contributed by atoms with van der Waals surface area (Å²) in [7, 11) is 0. The molecule has 2 aromatic rings. The molecule has 1 heterocycles. The van der Waals surface area contributed by atoms with E-state index in [2.05, 4.69) is 0 Å². The number of aromatic nitrogens is 1. The highest BCUT2D eigenvalue weighted by Gasteiger charge is 2.18. The first-order chi connectivity index (χ1) is 7.68. The van der Waals surface area contributed by atoms with Crippen LogP contribution in [0.3, 0.4) is 0 Å². The lowest BCUT2D eigenvalue weighted by Gasteiger charge is -2.11. The standard InChI is InChI=1S/C13H13NO2/c1-10-7-8-14(16)12(9-10)13(15)11-5-3-2-4-6-11/h2-9,13,15H,1H3. The van der Waals surface area contributed by atoms with E-state index in [1.54, 1.807) is 24.3 Å². The van der Waals surface area contributed by atoms with Crippen molar-refractivity contribution >= 4 is 0 Å². The van der Waals surface area contributed by atoms with Crippen LogP contribution < -0.4 is 4.73 Å². The van der Waals surface area contributed by atoms with Crippen molar-refractivity contribution in [3.63, 3.8) is 0 Å². The van der Waals surface area contributed by atoms with Gasteiger partial charge in [0.05, 0.1) is 0 Å². The first-order valence-electron chi connectivity index (χ1n) is 5.11. The molecule has 1 aromatic heterocycles. The van der Waals surface area contributed by atoms with Crippen LogP contribution in [0.15, 0.2) is 48.7 Å². The molecule has 3 nitrogen and oxygen atoms in total. The van der Waals surface area contributed by atoms with Crippen LogP contribution in [-0.4, -0.2) is 5.11 Å². The molecule has 1 atom stereocenters. The van der Waals surface area contributed by atoms with E-state index >= 15 is 0 Å². The molecule has 1 N–H and O–H groups in total. The molecule has 2 rings (SSSR count). The number of aliphatic hydroxyl groups is 1. The van der Waals surface area contributed by atoms with Crippen LogP contribution in [0.4, 0.5) is 0 Å². The Bertz CT molecular complexity index is 483. The van der Waals surface area contributed by atoms with E-state index in [0.29, 0.717) is 10.4 Å². The number of aryl methyl sites for hydroxylation is 1. The molecule has 0 saturated carbocycles. The lowest BCUT2D eigenvalue weighted by molar-refractivity contribution is -0.617. The smallest absolute Gasteiger partial charge is 0.226 e. The first-order valence-corrected chi connectivity index (χ1v) is 5.11. The maximum absolute atomic E-state index is 11.5. The molecule has 16 heavy (non-hydrogen) atoms. The van der Waals surface area contributed by atoms with Gasteiger partial charge in [-0.15, -0.1) is 0 Å². The average Bonchev–Trinajstić information content (AvgIpc) is 2.32. The van der Waals surface area contributed by atoms with Gasteiger partial charge in [0.1, 0.15) is 0 Å². The molecular formula is C13H13NO2. The highest BCUT2D eigenvalue weighted by molar-refractivity contribution is 5.25. The Morgan fingerprint density at radius 2 is 1.88 bits per heavy atom. The van der Waals surface area contributed by atoms with Gasteiger partial charge in [-0.2, -0.15) is 4.73 Å². The van der Waals surface area contributed by atoms with Gasteiger partial charge in [0.2, 0.25) is 5.69 Å². The largest absolute Gasteiger partial charge is 0.618 e. The zero-order chi connectivity index (χ0) is 11.5. The number of hydrogen-bond donors (Lipinski definition) is 1. The third-order valence-corrected chi connectivity index (χ3v) is 2.50. The Labute approximate surface area is 94.2 Å². The summed E-state index contributed by atoms with van der Waals surface area (Å²) < 4.78 is 0.699. The van der Waals surface area contributed by atoms with Crippen LogP contribution in [0.5, 0.6) is 0 Å². The van der Waals surface area contributed by atoms with E-state index in [4.69, 9.17) is 0 Å². The summed E-state index contributed by atoms with van der Waals surface area (Å²) in [5.74, 6) is 0. The quantitative estimate of drug-likeness (QED) is 0.612. The molecule has 0 radical (unpaired) electrons. The van der Waals surface area contributed by atoms with Gasteiger partial charge in [-0.25, -0.2) is 0 Å². The summed E-state index contributed by atoms with van der Waals surface area (Å²) in [5.41, 5.74) is 2.03. The maximum Gasteiger partial charge on any atom is 0.226 e. The van der Waals surface area contributed by atoms with Gasteiger partial charge in [-0.1, -0.05) is 30.3 Å². The van der Waals surface area contributed by atoms with E-state index in [0.717, 1.165) is 11.1 Å². The molecule has 0 aliphatic heterocycles. The Kier molecular flexibility index (Phi) is 2.88. The first kappa shape index (κ1) is 10.6. The summed E-state index contributed by atoms with van der Waals surface area (Å²) in [6.07, 6.45) is 0.537. The molecule has 3 heteroatoms. The van der Waals surface area contributed by atoms with Gasteiger partial charge in [-0.05, 0) is 18.1 Å². The molecule has 82 valence electrons. The summed E-state index contributed by atoms with van der Waals surface area (Å²) >= 11 is 0. The van der Waals surface area contributed by atoms with Gasteiger partial charge in [0, 0.05) is 12.1 Å². The topological polar surface area (TPSA) is 47.2 Å². The van der Waals surface area contributed by atoms with Gasteiger partial charge in [-0.3, -0.25) is 0 Å². The van der Waals surface area contributed by atoms with Crippen LogP contribution in [0.2, 0.25) is 0 Å². The van der Waals surface area contributed by atoms with E-state index in [1.165, 1.54) is 6.20 Å². The molecule has 1 aromatic carbocycles. The van der Waals surface area contributed by atoms with Crippen molar-refractivity contribution in [1.82, 2.24) is 0 Å². The van der Waals surface area contributed by atoms with Crippen LogP contribution in [0, 0.1) is 12.1 Å². The lowest BCUT2D eigenvalue weighted by Crippen LogP contribution is -2.33. The van der Waals surface area contributed by atoms with E-state index in [9.17, 15) is 10.3 Å². The van der Waals surface area contributed by atoms with Crippen LogP contribution in [0.1, 0.15) is 22.9 Å². The fraction of sp³-hybridized carbons (Fsp3) is 0.154. The summed E-state index contributed by atoms with van der Waals surface area (Å²) in [6, 6.07) is 12.6. The number of aliphatic hydroxyl groups excluding tert-OH is 1. The van der Waals surface area contributed by atoms with Crippen molar-refractivity contribution in [2.75, 3.05) is 0 Å². The maximum atomic E-state index is 11.5. The minimum Gasteiger partial charge on any atom is -0.618 e. The number of rotatable bonds is 2. The second-order valence-electron chi connectivity index (χ2n) is 3.77. The molecule has 0 aliphatic rings. The van der Waals surface area contributed by atoms with Crippen molar-refractivity contribution in [2.45, 2.75) is 13.0 Å². The number of benzene rings is 1. The van der Waals surface area contributed by atoms with E-state index in [-0.39, 0.29) is 0 Å². The number of nitrogens with zero attached hydrogens (tertiary/aromatic N) is 1. The van der Waals surface area contributed by atoms with Crippen molar-refractivity contribution < 1.29 is 9.84 Å². The van der Waals surface area contributed by atoms with Crippen LogP contribution >= 0.6 is 0 Å². The fourth-order valence-corrected chi connectivity index (χ4v) is 1.62. The minimum absolute atomic E-state index is 0.353. The van der Waals surface area contributed by atoms with Crippen molar-refractivity contribution in [3.8, 4) is 0 Å². The Balaban J connectivity index is 2.41. The minimum atomic E-state index is -0.876. The molecule has 0 spiro atoms. The molecule has 0 amide bonds. The molecule has 0 bridgehead atoms. The van der Waals surface area contributed by atoms with E-state index < -0.39 is 6.10 Å². The molecule has 0 aliphatic carbocycles. The molecule has 1 unspecified atom stereocenters. The van der Waals surface area contributed by atoms with Crippen molar-refractivity contribution in [1.29, 1.82) is 0 Å². The third-order valence-electron chi connectivity index (χ3n) is 2.50. The highest BCUT2D eigenvalue weighted by atomic mass is 16.5. The van der Waals surface area contributed by atoms with Crippen LogP contribution in [-0.2, 0) is 0 Å². The number of pyridine rings is 1. The Morgan fingerprint density at radius 1 is 1.19 bits per heavy atom. The highest BCUT2D eigenvalue weighted by Crippen LogP contribution is 2.18. The zero-order valence-electron chi connectivity index (χ0n) is 9.00. The summed E-state index contributed by atoms with van der Waals surface area (Å²) in [5, 5.41) is 21.6. The second kappa shape index (κ2) is 4.33. The van der Waals surface area contributed by atoms with E-state index in [1.807, 2.05) is 25.1 Å². The summed E-state index contributed by atoms with van der Waals surface area (Å²) in [6.45, 7) is 1.89. The molecule has 0 saturated heterocycles. The van der Waals surface area contributed by atoms with Crippen molar-refractivity contribution in [3.05, 3.63) is 70.7 Å². The average molecular weight is 215 g/mol. The van der Waals surface area contributed by atoms with Gasteiger partial charge in [0.25, 0.3) is 0 Å². The normalized spacial score (nSPS) is 12.4. The lowest BCUT2D eigenvalue weighted by atomic mass is 10.1. The Morgan fingerprint density at radius 3 is 2.56 bits per heavy atom.